The summed E-state index contributed by atoms with van der Waals surface area (Å²) in [6, 6.07) is 12.3. The van der Waals surface area contributed by atoms with E-state index in [1.54, 1.807) is 56.0 Å². The van der Waals surface area contributed by atoms with Crippen molar-refractivity contribution in [2.24, 2.45) is 0 Å². The van der Waals surface area contributed by atoms with Crippen molar-refractivity contribution in [1.29, 1.82) is 0 Å². The van der Waals surface area contributed by atoms with Gasteiger partial charge in [-0.05, 0) is 44.0 Å². The number of esters is 1. The first-order valence-corrected chi connectivity index (χ1v) is 13.5. The SMILES string of the molecule is CCOC(=O)C1=C(c2cccc([N+](=O)[O-])c2)C(C(=O)O)=C(C)N(CCOc2ccc(C(O)CNC(C)C)cc2)C1C. The van der Waals surface area contributed by atoms with Crippen molar-refractivity contribution >= 4 is 23.2 Å². The largest absolute Gasteiger partial charge is 0.492 e. The van der Waals surface area contributed by atoms with E-state index in [1.165, 1.54) is 18.2 Å². The van der Waals surface area contributed by atoms with Gasteiger partial charge < -0.3 is 29.9 Å². The van der Waals surface area contributed by atoms with Crippen molar-refractivity contribution in [2.75, 3.05) is 26.3 Å². The van der Waals surface area contributed by atoms with Crippen molar-refractivity contribution in [2.45, 2.75) is 52.8 Å². The van der Waals surface area contributed by atoms with Crippen LogP contribution in [0.25, 0.3) is 5.57 Å². The number of carbonyl (C=O) groups excluding carboxylic acids is 1. The van der Waals surface area contributed by atoms with Gasteiger partial charge in [0.15, 0.2) is 0 Å². The van der Waals surface area contributed by atoms with Gasteiger partial charge in [0, 0.05) is 36.0 Å². The molecule has 3 N–H and O–H groups in total. The molecule has 1 heterocycles. The molecule has 220 valence electrons. The molecular weight excluding hydrogens is 530 g/mol. The van der Waals surface area contributed by atoms with Gasteiger partial charge in [0.25, 0.3) is 5.69 Å². The van der Waals surface area contributed by atoms with Crippen LogP contribution >= 0.6 is 0 Å². The normalized spacial score (nSPS) is 16.2. The number of nitro benzene ring substituents is 1. The van der Waals surface area contributed by atoms with E-state index >= 15 is 0 Å². The third kappa shape index (κ3) is 7.50. The molecule has 2 atom stereocenters. The number of hydrogen-bond donors (Lipinski definition) is 3. The number of carboxylic acids is 1. The summed E-state index contributed by atoms with van der Waals surface area (Å²) in [6.07, 6.45) is -0.656. The Hall–Kier alpha value is -4.22. The molecule has 0 aliphatic carbocycles. The number of aliphatic hydroxyl groups is 1. The molecule has 11 heteroatoms. The van der Waals surface area contributed by atoms with E-state index in [9.17, 15) is 29.9 Å². The highest BCUT2D eigenvalue weighted by Crippen LogP contribution is 2.39. The first-order valence-electron chi connectivity index (χ1n) is 13.5. The molecule has 2 aromatic rings. The highest BCUT2D eigenvalue weighted by Gasteiger charge is 2.38. The third-order valence-corrected chi connectivity index (χ3v) is 6.84. The van der Waals surface area contributed by atoms with Crippen molar-refractivity contribution in [3.8, 4) is 5.75 Å². The number of aliphatic carboxylic acids is 1. The summed E-state index contributed by atoms with van der Waals surface area (Å²) in [4.78, 5) is 38.3. The Bertz CT molecular complexity index is 1330. The maximum absolute atomic E-state index is 13.2. The Morgan fingerprint density at radius 1 is 1.17 bits per heavy atom. The van der Waals surface area contributed by atoms with Gasteiger partial charge in [-0.25, -0.2) is 9.59 Å². The summed E-state index contributed by atoms with van der Waals surface area (Å²) >= 11 is 0. The number of carbonyl (C=O) groups is 2. The van der Waals surface area contributed by atoms with Crippen molar-refractivity contribution in [3.63, 3.8) is 0 Å². The van der Waals surface area contributed by atoms with Crippen LogP contribution in [0.1, 0.15) is 51.8 Å². The molecule has 0 amide bonds. The zero-order valence-electron chi connectivity index (χ0n) is 23.9. The maximum Gasteiger partial charge on any atom is 0.338 e. The van der Waals surface area contributed by atoms with Crippen molar-refractivity contribution in [3.05, 3.63) is 86.6 Å². The van der Waals surface area contributed by atoms with Crippen molar-refractivity contribution in [1.82, 2.24) is 10.2 Å². The molecule has 0 saturated carbocycles. The second-order valence-electron chi connectivity index (χ2n) is 9.95. The maximum atomic E-state index is 13.2. The fourth-order valence-electron chi connectivity index (χ4n) is 4.81. The Balaban J connectivity index is 1.88. The number of rotatable bonds is 13. The highest BCUT2D eigenvalue weighted by atomic mass is 16.6. The lowest BCUT2D eigenvalue weighted by atomic mass is 9.84. The summed E-state index contributed by atoms with van der Waals surface area (Å²) < 4.78 is 11.2. The van der Waals surface area contributed by atoms with Gasteiger partial charge in [0.1, 0.15) is 12.4 Å². The molecular formula is C30H37N3O8. The van der Waals surface area contributed by atoms with Gasteiger partial charge in [-0.15, -0.1) is 0 Å². The number of nitro groups is 1. The summed E-state index contributed by atoms with van der Waals surface area (Å²) in [7, 11) is 0. The van der Waals surface area contributed by atoms with E-state index in [-0.39, 0.29) is 53.8 Å². The lowest BCUT2D eigenvalue weighted by Crippen LogP contribution is -2.43. The van der Waals surface area contributed by atoms with Gasteiger partial charge in [-0.2, -0.15) is 0 Å². The molecule has 2 unspecified atom stereocenters. The van der Waals surface area contributed by atoms with E-state index in [1.807, 2.05) is 13.8 Å². The van der Waals surface area contributed by atoms with Gasteiger partial charge in [0.05, 0.1) is 41.4 Å². The molecule has 2 aromatic carbocycles. The minimum absolute atomic E-state index is 0.0731. The van der Waals surface area contributed by atoms with Crippen LogP contribution in [0, 0.1) is 10.1 Å². The lowest BCUT2D eigenvalue weighted by Gasteiger charge is -2.39. The monoisotopic (exact) mass is 567 g/mol. The van der Waals surface area contributed by atoms with Crippen LogP contribution in [-0.2, 0) is 14.3 Å². The van der Waals surface area contributed by atoms with Crippen LogP contribution in [0.15, 0.2) is 65.4 Å². The molecule has 0 saturated heterocycles. The van der Waals surface area contributed by atoms with Crippen molar-refractivity contribution < 1.29 is 34.2 Å². The van der Waals surface area contributed by atoms with Crippen LogP contribution in [0.5, 0.6) is 5.75 Å². The standard InChI is InChI=1S/C30H37N3O8/c1-6-40-30(37)27-20(5)32(14-15-41-24-12-10-21(11-13-24)25(34)17-31-18(2)3)19(4)26(29(35)36)28(27)22-8-7-9-23(16-22)33(38)39/h7-13,16,18,20,25,31,34H,6,14-15,17H2,1-5H3,(H,35,36). The highest BCUT2D eigenvalue weighted by molar-refractivity contribution is 6.14. The van der Waals surface area contributed by atoms with Gasteiger partial charge in [-0.1, -0.05) is 38.1 Å². The number of allylic oxidation sites excluding steroid dienone is 1. The molecule has 0 aromatic heterocycles. The van der Waals surface area contributed by atoms with Crippen LogP contribution in [0.3, 0.4) is 0 Å². The Kier molecular flexibility index (Phi) is 10.6. The predicted octanol–water partition coefficient (Wildman–Crippen LogP) is 4.08. The smallest absolute Gasteiger partial charge is 0.338 e. The Morgan fingerprint density at radius 2 is 1.85 bits per heavy atom. The zero-order valence-corrected chi connectivity index (χ0v) is 23.9. The average Bonchev–Trinajstić information content (AvgIpc) is 2.93. The van der Waals surface area contributed by atoms with E-state index in [2.05, 4.69) is 5.32 Å². The topological polar surface area (TPSA) is 151 Å². The number of aliphatic hydroxyl groups excluding tert-OH is 1. The quantitative estimate of drug-likeness (QED) is 0.183. The first-order chi connectivity index (χ1) is 19.5. The zero-order chi connectivity index (χ0) is 30.3. The van der Waals surface area contributed by atoms with E-state index < -0.39 is 29.0 Å². The summed E-state index contributed by atoms with van der Waals surface area (Å²) in [5, 5.41) is 35.2. The summed E-state index contributed by atoms with van der Waals surface area (Å²) in [5.41, 5.74) is 1.22. The molecule has 0 radical (unpaired) electrons. The Morgan fingerprint density at radius 3 is 2.44 bits per heavy atom. The molecule has 3 rings (SSSR count). The molecule has 1 aliphatic rings. The van der Waals surface area contributed by atoms with Crippen LogP contribution in [-0.4, -0.2) is 70.4 Å². The molecule has 11 nitrogen and oxygen atoms in total. The molecule has 41 heavy (non-hydrogen) atoms. The number of nitrogens with one attached hydrogen (secondary N) is 1. The lowest BCUT2D eigenvalue weighted by molar-refractivity contribution is -0.384. The summed E-state index contributed by atoms with van der Waals surface area (Å²) in [5.74, 6) is -1.40. The first kappa shape index (κ1) is 31.3. The number of hydrogen-bond acceptors (Lipinski definition) is 9. The number of ether oxygens (including phenoxy) is 2. The van der Waals surface area contributed by atoms with Crippen LogP contribution in [0.4, 0.5) is 5.69 Å². The fraction of sp³-hybridized carbons (Fsp3) is 0.400. The Labute approximate surface area is 239 Å². The van der Waals surface area contributed by atoms with Crippen LogP contribution in [0.2, 0.25) is 0 Å². The van der Waals surface area contributed by atoms with Crippen LogP contribution < -0.4 is 10.1 Å². The fourth-order valence-corrected chi connectivity index (χ4v) is 4.81. The summed E-state index contributed by atoms with van der Waals surface area (Å²) in [6.45, 7) is 9.97. The molecule has 0 fully saturated rings. The van der Waals surface area contributed by atoms with Gasteiger partial charge in [0.2, 0.25) is 0 Å². The number of nitrogens with zero attached hydrogens (tertiary/aromatic N) is 2. The minimum Gasteiger partial charge on any atom is -0.492 e. The predicted molar refractivity (Wildman–Crippen MR) is 153 cm³/mol. The second kappa shape index (κ2) is 13.9. The van der Waals surface area contributed by atoms with E-state index in [0.717, 1.165) is 5.56 Å². The second-order valence-corrected chi connectivity index (χ2v) is 9.95. The molecule has 0 bridgehead atoms. The number of carboxylic acid groups (broad SMARTS) is 1. The minimum atomic E-state index is -1.27. The van der Waals surface area contributed by atoms with E-state index in [0.29, 0.717) is 18.0 Å². The van der Waals surface area contributed by atoms with E-state index in [4.69, 9.17) is 9.47 Å². The number of benzene rings is 2. The molecule has 0 spiro atoms. The average molecular weight is 568 g/mol. The van der Waals surface area contributed by atoms with Gasteiger partial charge in [-0.3, -0.25) is 10.1 Å². The third-order valence-electron chi connectivity index (χ3n) is 6.84. The molecule has 1 aliphatic heterocycles. The number of non-ortho nitro benzene ring substituents is 1. The van der Waals surface area contributed by atoms with Gasteiger partial charge >= 0.3 is 11.9 Å².